The van der Waals surface area contributed by atoms with Gasteiger partial charge in [-0.2, -0.15) is 0 Å². The van der Waals surface area contributed by atoms with Crippen LogP contribution in [0, 0.1) is 18.6 Å². The molecule has 1 N–H and O–H groups in total. The first-order chi connectivity index (χ1) is 6.59. The van der Waals surface area contributed by atoms with Gasteiger partial charge in [-0.05, 0) is 25.1 Å². The molecule has 1 aromatic carbocycles. The fraction of sp³-hybridized carbons (Fsp3) is 0.100. The molecule has 0 saturated carbocycles. The lowest BCUT2D eigenvalue weighted by atomic mass is 10.1. The highest BCUT2D eigenvalue weighted by molar-refractivity contribution is 5.82. The Hall–Kier alpha value is -1.71. The summed E-state index contributed by atoms with van der Waals surface area (Å²) in [4.78, 5) is 13.7. The van der Waals surface area contributed by atoms with Crippen LogP contribution in [0.2, 0.25) is 0 Å². The van der Waals surface area contributed by atoms with Crippen LogP contribution in [0.4, 0.5) is 8.78 Å². The summed E-state index contributed by atoms with van der Waals surface area (Å²) in [6.07, 6.45) is 0. The minimum atomic E-state index is -0.706. The van der Waals surface area contributed by atoms with Crippen LogP contribution in [0.15, 0.2) is 23.0 Å². The van der Waals surface area contributed by atoms with Gasteiger partial charge >= 0.3 is 0 Å². The summed E-state index contributed by atoms with van der Waals surface area (Å²) in [6.45, 7) is 1.62. The smallest absolute Gasteiger partial charge is 0.259 e. The minimum absolute atomic E-state index is 0.0197. The van der Waals surface area contributed by atoms with E-state index in [1.54, 1.807) is 6.92 Å². The van der Waals surface area contributed by atoms with Crippen molar-refractivity contribution in [1.29, 1.82) is 0 Å². The van der Waals surface area contributed by atoms with Crippen LogP contribution < -0.4 is 5.56 Å². The highest BCUT2D eigenvalue weighted by Crippen LogP contribution is 2.17. The Labute approximate surface area is 78.2 Å². The maximum absolute atomic E-state index is 13.2. The van der Waals surface area contributed by atoms with E-state index in [0.29, 0.717) is 5.69 Å². The van der Waals surface area contributed by atoms with E-state index < -0.39 is 17.2 Å². The van der Waals surface area contributed by atoms with Gasteiger partial charge in [0.05, 0.1) is 5.39 Å². The van der Waals surface area contributed by atoms with Gasteiger partial charge in [0.15, 0.2) is 0 Å². The van der Waals surface area contributed by atoms with E-state index in [1.165, 1.54) is 6.07 Å². The Morgan fingerprint density at radius 1 is 1.21 bits per heavy atom. The second kappa shape index (κ2) is 2.90. The first-order valence-electron chi connectivity index (χ1n) is 4.07. The van der Waals surface area contributed by atoms with Gasteiger partial charge < -0.3 is 4.98 Å². The van der Waals surface area contributed by atoms with Crippen LogP contribution in [-0.2, 0) is 0 Å². The number of benzene rings is 1. The molecule has 0 radical (unpaired) electrons. The molecule has 14 heavy (non-hydrogen) atoms. The lowest BCUT2D eigenvalue weighted by Crippen LogP contribution is -2.09. The van der Waals surface area contributed by atoms with Gasteiger partial charge in [-0.15, -0.1) is 0 Å². The Morgan fingerprint density at radius 3 is 2.57 bits per heavy atom. The number of hydrogen-bond acceptors (Lipinski definition) is 1. The molecule has 2 nitrogen and oxygen atoms in total. The molecule has 0 spiro atoms. The Bertz CT molecular complexity index is 560. The summed E-state index contributed by atoms with van der Waals surface area (Å²) in [5.74, 6) is -1.29. The first kappa shape index (κ1) is 8.87. The molecule has 0 saturated heterocycles. The zero-order chi connectivity index (χ0) is 10.3. The molecule has 0 amide bonds. The molecule has 2 rings (SSSR count). The molecule has 0 fully saturated rings. The van der Waals surface area contributed by atoms with E-state index in [0.717, 1.165) is 12.1 Å². The van der Waals surface area contributed by atoms with Crippen molar-refractivity contribution in [3.63, 3.8) is 0 Å². The lowest BCUT2D eigenvalue weighted by Gasteiger charge is -2.01. The van der Waals surface area contributed by atoms with Crippen molar-refractivity contribution in [2.75, 3.05) is 0 Å². The molecule has 1 aromatic heterocycles. The summed E-state index contributed by atoms with van der Waals surface area (Å²) >= 11 is 0. The molecule has 4 heteroatoms. The Balaban J connectivity index is 3.08. The summed E-state index contributed by atoms with van der Waals surface area (Å²) in [5, 5.41) is -0.207. The fourth-order valence-electron chi connectivity index (χ4n) is 1.43. The van der Waals surface area contributed by atoms with E-state index in [9.17, 15) is 13.6 Å². The predicted octanol–water partition coefficient (Wildman–Crippen LogP) is 2.11. The van der Waals surface area contributed by atoms with Crippen molar-refractivity contribution < 1.29 is 8.78 Å². The topological polar surface area (TPSA) is 32.9 Å². The number of H-pyrrole nitrogens is 1. The molecule has 0 aliphatic rings. The zero-order valence-electron chi connectivity index (χ0n) is 7.40. The van der Waals surface area contributed by atoms with Crippen LogP contribution in [0.3, 0.4) is 0 Å². The highest BCUT2D eigenvalue weighted by atomic mass is 19.1. The Kier molecular flexibility index (Phi) is 1.84. The van der Waals surface area contributed by atoms with Gasteiger partial charge in [0, 0.05) is 11.1 Å². The molecular weight excluding hydrogens is 188 g/mol. The number of hydrogen-bond donors (Lipinski definition) is 1. The molecule has 0 aliphatic heterocycles. The van der Waals surface area contributed by atoms with Crippen molar-refractivity contribution in [1.82, 2.24) is 4.98 Å². The largest absolute Gasteiger partial charge is 0.326 e. The summed E-state index contributed by atoms with van der Waals surface area (Å²) in [6, 6.07) is 3.37. The quantitative estimate of drug-likeness (QED) is 0.686. The molecular formula is C10H7F2NO. The van der Waals surface area contributed by atoms with E-state index in [4.69, 9.17) is 0 Å². The average molecular weight is 195 g/mol. The molecule has 72 valence electrons. The number of aromatic amines is 1. The number of aryl methyl sites for hydroxylation is 1. The first-order valence-corrected chi connectivity index (χ1v) is 4.07. The van der Waals surface area contributed by atoms with Crippen LogP contribution >= 0.6 is 0 Å². The third kappa shape index (κ3) is 1.19. The third-order valence-electron chi connectivity index (χ3n) is 2.04. The fourth-order valence-corrected chi connectivity index (χ4v) is 1.43. The molecule has 0 aliphatic carbocycles. The average Bonchev–Trinajstić information content (AvgIpc) is 2.10. The third-order valence-corrected chi connectivity index (χ3v) is 2.04. The molecule has 2 aromatic rings. The summed E-state index contributed by atoms with van der Waals surface area (Å²) in [5.41, 5.74) is -0.0935. The summed E-state index contributed by atoms with van der Waals surface area (Å²) < 4.78 is 26.4. The minimum Gasteiger partial charge on any atom is -0.326 e. The second-order valence-corrected chi connectivity index (χ2v) is 3.10. The Morgan fingerprint density at radius 2 is 1.86 bits per heavy atom. The number of aromatic nitrogens is 1. The van der Waals surface area contributed by atoms with E-state index >= 15 is 0 Å². The molecule has 1 heterocycles. The monoisotopic (exact) mass is 195 g/mol. The van der Waals surface area contributed by atoms with Crippen LogP contribution in [0.1, 0.15) is 5.69 Å². The highest BCUT2D eigenvalue weighted by Gasteiger charge is 2.09. The van der Waals surface area contributed by atoms with Gasteiger partial charge in [0.2, 0.25) is 0 Å². The number of halogens is 2. The number of rotatable bonds is 0. The van der Waals surface area contributed by atoms with Crippen LogP contribution in [0.5, 0.6) is 0 Å². The van der Waals surface area contributed by atoms with Gasteiger partial charge in [0.25, 0.3) is 5.56 Å². The van der Waals surface area contributed by atoms with Crippen molar-refractivity contribution in [3.05, 3.63) is 45.9 Å². The molecule has 0 unspecified atom stereocenters. The van der Waals surface area contributed by atoms with Gasteiger partial charge in [-0.1, -0.05) is 0 Å². The van der Waals surface area contributed by atoms with Crippen molar-refractivity contribution >= 4 is 10.8 Å². The number of nitrogens with one attached hydrogen (secondary N) is 1. The van der Waals surface area contributed by atoms with Crippen molar-refractivity contribution in [3.8, 4) is 0 Å². The number of fused-ring (bicyclic) bond motifs is 1. The number of pyridine rings is 1. The van der Waals surface area contributed by atoms with Gasteiger partial charge in [-0.3, -0.25) is 4.79 Å². The van der Waals surface area contributed by atoms with Gasteiger partial charge in [0.1, 0.15) is 11.6 Å². The maximum Gasteiger partial charge on any atom is 0.259 e. The molecule has 0 bridgehead atoms. The lowest BCUT2D eigenvalue weighted by molar-refractivity contribution is 0.616. The SMILES string of the molecule is Cc1cc2c(F)ccc(F)c2c(=O)[nH]1. The van der Waals surface area contributed by atoms with E-state index in [-0.39, 0.29) is 10.8 Å². The van der Waals surface area contributed by atoms with Crippen molar-refractivity contribution in [2.45, 2.75) is 6.92 Å². The standard InChI is InChI=1S/C10H7F2NO/c1-5-4-6-7(11)2-3-8(12)9(6)10(14)13-5/h2-4H,1H3,(H,13,14). The van der Waals surface area contributed by atoms with Crippen LogP contribution in [-0.4, -0.2) is 4.98 Å². The van der Waals surface area contributed by atoms with E-state index in [1.807, 2.05) is 0 Å². The normalized spacial score (nSPS) is 10.8. The predicted molar refractivity (Wildman–Crippen MR) is 49.2 cm³/mol. The maximum atomic E-state index is 13.2. The van der Waals surface area contributed by atoms with Gasteiger partial charge in [-0.25, -0.2) is 8.78 Å². The second-order valence-electron chi connectivity index (χ2n) is 3.10. The summed E-state index contributed by atoms with van der Waals surface area (Å²) in [7, 11) is 0. The molecule has 0 atom stereocenters. The van der Waals surface area contributed by atoms with Crippen LogP contribution in [0.25, 0.3) is 10.8 Å². The zero-order valence-corrected chi connectivity index (χ0v) is 7.40. The van der Waals surface area contributed by atoms with Crippen molar-refractivity contribution in [2.24, 2.45) is 0 Å². The van der Waals surface area contributed by atoms with E-state index in [2.05, 4.69) is 4.98 Å².